The second-order valence-electron chi connectivity index (χ2n) is 10.9. The standard InChI is InChI=1S/C28H40N2O2/c1-20-10-9-11-23(18-20)19-30(21(2)26(32)29-28(6,7)8)25(31)17-14-22-12-15-24(16-13-22)27(3,4)5/h9-13,15-16,18,21H,14,17,19H2,1-8H3,(H,29,32). The number of amides is 2. The summed E-state index contributed by atoms with van der Waals surface area (Å²) >= 11 is 0. The molecule has 4 nitrogen and oxygen atoms in total. The first-order chi connectivity index (χ1) is 14.8. The molecule has 0 bridgehead atoms. The Morgan fingerprint density at radius 2 is 1.56 bits per heavy atom. The van der Waals surface area contributed by atoms with Crippen LogP contribution in [0.15, 0.2) is 48.5 Å². The Morgan fingerprint density at radius 3 is 2.09 bits per heavy atom. The van der Waals surface area contributed by atoms with Crippen molar-refractivity contribution < 1.29 is 9.59 Å². The average molecular weight is 437 g/mol. The Kier molecular flexibility index (Phi) is 8.28. The Hall–Kier alpha value is -2.62. The van der Waals surface area contributed by atoms with Crippen molar-refractivity contribution in [2.45, 2.75) is 91.8 Å². The zero-order chi connectivity index (χ0) is 24.1. The van der Waals surface area contributed by atoms with Crippen LogP contribution in [0.5, 0.6) is 0 Å². The highest BCUT2D eigenvalue weighted by atomic mass is 16.2. The third-order valence-electron chi connectivity index (χ3n) is 5.55. The Balaban J connectivity index is 2.16. The van der Waals surface area contributed by atoms with Gasteiger partial charge in [-0.2, -0.15) is 0 Å². The molecule has 0 heterocycles. The topological polar surface area (TPSA) is 49.4 Å². The molecular weight excluding hydrogens is 396 g/mol. The highest BCUT2D eigenvalue weighted by molar-refractivity contribution is 5.87. The van der Waals surface area contributed by atoms with Crippen molar-refractivity contribution in [1.82, 2.24) is 10.2 Å². The molecule has 2 amide bonds. The van der Waals surface area contributed by atoms with E-state index in [0.717, 1.165) is 16.7 Å². The molecule has 0 aliphatic rings. The Bertz CT molecular complexity index is 918. The molecule has 0 saturated heterocycles. The maximum Gasteiger partial charge on any atom is 0.242 e. The van der Waals surface area contributed by atoms with Crippen LogP contribution in [-0.4, -0.2) is 28.3 Å². The predicted molar refractivity (Wildman–Crippen MR) is 133 cm³/mol. The average Bonchev–Trinajstić information content (AvgIpc) is 2.68. The van der Waals surface area contributed by atoms with Crippen LogP contribution in [0.4, 0.5) is 0 Å². The van der Waals surface area contributed by atoms with E-state index >= 15 is 0 Å². The predicted octanol–water partition coefficient (Wildman–Crippen LogP) is 5.56. The summed E-state index contributed by atoms with van der Waals surface area (Å²) in [7, 11) is 0. The first-order valence-electron chi connectivity index (χ1n) is 11.5. The van der Waals surface area contributed by atoms with Crippen LogP contribution in [0.3, 0.4) is 0 Å². The molecule has 0 aliphatic heterocycles. The number of carbonyl (C=O) groups excluding carboxylic acids is 2. The minimum atomic E-state index is -0.550. The molecule has 2 rings (SSSR count). The lowest BCUT2D eigenvalue weighted by atomic mass is 9.86. The first kappa shape index (κ1) is 25.6. The van der Waals surface area contributed by atoms with Crippen LogP contribution in [-0.2, 0) is 28.0 Å². The molecule has 0 aromatic heterocycles. The summed E-state index contributed by atoms with van der Waals surface area (Å²) in [5.41, 5.74) is 4.34. The zero-order valence-electron chi connectivity index (χ0n) is 21.1. The van der Waals surface area contributed by atoms with E-state index in [9.17, 15) is 9.59 Å². The monoisotopic (exact) mass is 436 g/mol. The first-order valence-corrected chi connectivity index (χ1v) is 11.5. The molecular formula is C28H40N2O2. The summed E-state index contributed by atoms with van der Waals surface area (Å²) in [5, 5.41) is 3.01. The van der Waals surface area contributed by atoms with Crippen molar-refractivity contribution in [3.63, 3.8) is 0 Å². The van der Waals surface area contributed by atoms with Gasteiger partial charge in [-0.15, -0.1) is 0 Å². The van der Waals surface area contributed by atoms with E-state index in [1.807, 2.05) is 52.8 Å². The largest absolute Gasteiger partial charge is 0.350 e. The van der Waals surface area contributed by atoms with Crippen molar-refractivity contribution >= 4 is 11.8 Å². The smallest absolute Gasteiger partial charge is 0.242 e. The molecule has 0 saturated carbocycles. The summed E-state index contributed by atoms with van der Waals surface area (Å²) < 4.78 is 0. The van der Waals surface area contributed by atoms with E-state index in [-0.39, 0.29) is 22.8 Å². The van der Waals surface area contributed by atoms with E-state index in [2.05, 4.69) is 56.4 Å². The molecule has 0 aliphatic carbocycles. The van der Waals surface area contributed by atoms with Crippen LogP contribution in [0.2, 0.25) is 0 Å². The summed E-state index contributed by atoms with van der Waals surface area (Å²) in [5.74, 6) is -0.143. The molecule has 2 aromatic carbocycles. The van der Waals surface area contributed by atoms with Crippen LogP contribution in [0.25, 0.3) is 0 Å². The summed E-state index contributed by atoms with van der Waals surface area (Å²) in [6, 6.07) is 16.0. The maximum atomic E-state index is 13.3. The Morgan fingerprint density at radius 1 is 0.938 bits per heavy atom. The van der Waals surface area contributed by atoms with Gasteiger partial charge in [0, 0.05) is 18.5 Å². The number of nitrogens with zero attached hydrogens (tertiary/aromatic N) is 1. The van der Waals surface area contributed by atoms with Crippen LogP contribution >= 0.6 is 0 Å². The van der Waals surface area contributed by atoms with Gasteiger partial charge in [-0.05, 0) is 63.1 Å². The van der Waals surface area contributed by atoms with Crippen molar-refractivity contribution in [3.8, 4) is 0 Å². The van der Waals surface area contributed by atoms with E-state index < -0.39 is 6.04 Å². The minimum Gasteiger partial charge on any atom is -0.350 e. The molecule has 1 N–H and O–H groups in total. The van der Waals surface area contributed by atoms with Gasteiger partial charge >= 0.3 is 0 Å². The molecule has 0 radical (unpaired) electrons. The fraction of sp³-hybridized carbons (Fsp3) is 0.500. The number of nitrogens with one attached hydrogen (secondary N) is 1. The van der Waals surface area contributed by atoms with Gasteiger partial charge in [-0.1, -0.05) is 74.9 Å². The van der Waals surface area contributed by atoms with Gasteiger partial charge in [0.1, 0.15) is 6.04 Å². The van der Waals surface area contributed by atoms with Crippen LogP contribution in [0, 0.1) is 6.92 Å². The number of hydrogen-bond acceptors (Lipinski definition) is 2. The fourth-order valence-electron chi connectivity index (χ4n) is 3.63. The second-order valence-corrected chi connectivity index (χ2v) is 10.9. The highest BCUT2D eigenvalue weighted by Crippen LogP contribution is 2.23. The molecule has 1 atom stereocenters. The van der Waals surface area contributed by atoms with Crippen molar-refractivity contribution in [1.29, 1.82) is 0 Å². The third kappa shape index (κ3) is 7.81. The van der Waals surface area contributed by atoms with Gasteiger partial charge in [0.25, 0.3) is 0 Å². The van der Waals surface area contributed by atoms with E-state index in [0.29, 0.717) is 19.4 Å². The normalized spacial score (nSPS) is 12.9. The molecule has 2 aromatic rings. The highest BCUT2D eigenvalue weighted by Gasteiger charge is 2.28. The molecule has 0 fully saturated rings. The fourth-order valence-corrected chi connectivity index (χ4v) is 3.63. The van der Waals surface area contributed by atoms with E-state index in [1.54, 1.807) is 4.90 Å². The number of hydrogen-bond donors (Lipinski definition) is 1. The zero-order valence-corrected chi connectivity index (χ0v) is 21.1. The van der Waals surface area contributed by atoms with Gasteiger partial charge in [0.2, 0.25) is 11.8 Å². The minimum absolute atomic E-state index is 0.0111. The van der Waals surface area contributed by atoms with Gasteiger partial charge in [0.05, 0.1) is 0 Å². The van der Waals surface area contributed by atoms with Gasteiger partial charge < -0.3 is 10.2 Å². The van der Waals surface area contributed by atoms with E-state index in [1.165, 1.54) is 5.56 Å². The Labute approximate surface area is 194 Å². The summed E-state index contributed by atoms with van der Waals surface area (Å²) in [4.78, 5) is 27.9. The summed E-state index contributed by atoms with van der Waals surface area (Å²) in [6.45, 7) is 16.7. The number of rotatable bonds is 7. The van der Waals surface area contributed by atoms with Crippen molar-refractivity contribution in [3.05, 3.63) is 70.8 Å². The van der Waals surface area contributed by atoms with E-state index in [4.69, 9.17) is 0 Å². The van der Waals surface area contributed by atoms with Crippen LogP contribution < -0.4 is 5.32 Å². The number of benzene rings is 2. The lowest BCUT2D eigenvalue weighted by Crippen LogP contribution is -2.52. The third-order valence-corrected chi connectivity index (χ3v) is 5.55. The summed E-state index contributed by atoms with van der Waals surface area (Å²) in [6.07, 6.45) is 1.02. The molecule has 1 unspecified atom stereocenters. The molecule has 32 heavy (non-hydrogen) atoms. The van der Waals surface area contributed by atoms with Crippen LogP contribution in [0.1, 0.15) is 77.1 Å². The molecule has 174 valence electrons. The lowest BCUT2D eigenvalue weighted by molar-refractivity contribution is -0.141. The van der Waals surface area contributed by atoms with Crippen molar-refractivity contribution in [2.75, 3.05) is 0 Å². The SMILES string of the molecule is Cc1cccc(CN(C(=O)CCc2ccc(C(C)(C)C)cc2)C(C)C(=O)NC(C)(C)C)c1. The number of carbonyl (C=O) groups is 2. The second kappa shape index (κ2) is 10.3. The maximum absolute atomic E-state index is 13.3. The quantitative estimate of drug-likeness (QED) is 0.618. The van der Waals surface area contributed by atoms with Gasteiger partial charge in [0.15, 0.2) is 0 Å². The molecule has 0 spiro atoms. The van der Waals surface area contributed by atoms with Gasteiger partial charge in [-0.3, -0.25) is 9.59 Å². The number of aryl methyl sites for hydroxylation is 2. The van der Waals surface area contributed by atoms with Crippen molar-refractivity contribution in [2.24, 2.45) is 0 Å². The van der Waals surface area contributed by atoms with Gasteiger partial charge in [-0.25, -0.2) is 0 Å². The lowest BCUT2D eigenvalue weighted by Gasteiger charge is -2.31. The molecule has 4 heteroatoms.